The SMILES string of the molecule is CCC(=O)NCc1ccc(NCCN(C)C)cc1. The van der Waals surface area contributed by atoms with E-state index in [2.05, 4.69) is 29.6 Å². The van der Waals surface area contributed by atoms with E-state index >= 15 is 0 Å². The minimum absolute atomic E-state index is 0.0863. The summed E-state index contributed by atoms with van der Waals surface area (Å²) >= 11 is 0. The van der Waals surface area contributed by atoms with E-state index in [0.29, 0.717) is 13.0 Å². The first kappa shape index (κ1) is 14.5. The lowest BCUT2D eigenvalue weighted by Crippen LogP contribution is -2.21. The second-order valence-electron chi connectivity index (χ2n) is 4.56. The number of nitrogens with one attached hydrogen (secondary N) is 2. The molecule has 0 bridgehead atoms. The largest absolute Gasteiger partial charge is 0.384 e. The quantitative estimate of drug-likeness (QED) is 0.773. The van der Waals surface area contributed by atoms with E-state index in [-0.39, 0.29) is 5.91 Å². The lowest BCUT2D eigenvalue weighted by atomic mass is 10.2. The van der Waals surface area contributed by atoms with Crippen molar-refractivity contribution in [3.8, 4) is 0 Å². The summed E-state index contributed by atoms with van der Waals surface area (Å²) in [5, 5.41) is 6.21. The van der Waals surface area contributed by atoms with Gasteiger partial charge in [0.1, 0.15) is 0 Å². The average molecular weight is 249 g/mol. The second-order valence-corrected chi connectivity index (χ2v) is 4.56. The van der Waals surface area contributed by atoms with E-state index in [1.807, 2.05) is 31.2 Å². The number of nitrogens with zero attached hydrogens (tertiary/aromatic N) is 1. The number of hydrogen-bond donors (Lipinski definition) is 2. The normalized spacial score (nSPS) is 10.4. The highest BCUT2D eigenvalue weighted by Crippen LogP contribution is 2.09. The molecule has 1 aromatic rings. The van der Waals surface area contributed by atoms with Gasteiger partial charge in [0.05, 0.1) is 0 Å². The molecule has 0 spiro atoms. The van der Waals surface area contributed by atoms with Gasteiger partial charge in [0, 0.05) is 31.7 Å². The molecule has 1 amide bonds. The van der Waals surface area contributed by atoms with Crippen LogP contribution in [0.25, 0.3) is 0 Å². The first-order chi connectivity index (χ1) is 8.61. The van der Waals surface area contributed by atoms with Crippen molar-refractivity contribution < 1.29 is 4.79 Å². The number of rotatable bonds is 7. The summed E-state index contributed by atoms with van der Waals surface area (Å²) in [7, 11) is 4.11. The van der Waals surface area contributed by atoms with Crippen LogP contribution in [-0.4, -0.2) is 38.0 Å². The molecule has 2 N–H and O–H groups in total. The Labute approximate surface area is 109 Å². The molecule has 0 atom stereocenters. The maximum Gasteiger partial charge on any atom is 0.219 e. The summed E-state index contributed by atoms with van der Waals surface area (Å²) in [5.74, 6) is 0.0863. The second kappa shape index (κ2) is 7.71. The monoisotopic (exact) mass is 249 g/mol. The van der Waals surface area contributed by atoms with E-state index in [1.165, 1.54) is 0 Å². The van der Waals surface area contributed by atoms with E-state index in [1.54, 1.807) is 0 Å². The fraction of sp³-hybridized carbons (Fsp3) is 0.500. The van der Waals surface area contributed by atoms with Crippen LogP contribution in [0.4, 0.5) is 5.69 Å². The summed E-state index contributed by atoms with van der Waals surface area (Å²) in [4.78, 5) is 13.3. The molecule has 0 fully saturated rings. The summed E-state index contributed by atoms with van der Waals surface area (Å²) in [6, 6.07) is 8.16. The van der Waals surface area contributed by atoms with Gasteiger partial charge < -0.3 is 15.5 Å². The van der Waals surface area contributed by atoms with Gasteiger partial charge in [0.25, 0.3) is 0 Å². The van der Waals surface area contributed by atoms with Crippen molar-refractivity contribution in [1.29, 1.82) is 0 Å². The topological polar surface area (TPSA) is 44.4 Å². The number of hydrogen-bond acceptors (Lipinski definition) is 3. The highest BCUT2D eigenvalue weighted by Gasteiger charge is 1.98. The van der Waals surface area contributed by atoms with Crippen LogP contribution in [0.3, 0.4) is 0 Å². The highest BCUT2D eigenvalue weighted by molar-refractivity contribution is 5.75. The zero-order chi connectivity index (χ0) is 13.4. The van der Waals surface area contributed by atoms with Gasteiger partial charge in [-0.2, -0.15) is 0 Å². The minimum atomic E-state index is 0.0863. The van der Waals surface area contributed by atoms with Gasteiger partial charge in [-0.1, -0.05) is 19.1 Å². The Morgan fingerprint density at radius 1 is 1.22 bits per heavy atom. The van der Waals surface area contributed by atoms with Gasteiger partial charge in [0.15, 0.2) is 0 Å². The fourth-order valence-electron chi connectivity index (χ4n) is 1.49. The Bertz CT molecular complexity index is 360. The van der Waals surface area contributed by atoms with E-state index in [9.17, 15) is 4.79 Å². The molecular formula is C14H23N3O. The lowest BCUT2D eigenvalue weighted by molar-refractivity contribution is -0.120. The Kier molecular flexibility index (Phi) is 6.22. The molecule has 0 aliphatic carbocycles. The Hall–Kier alpha value is -1.55. The number of anilines is 1. The number of carbonyl (C=O) groups is 1. The minimum Gasteiger partial charge on any atom is -0.384 e. The molecule has 0 aliphatic heterocycles. The third-order valence-corrected chi connectivity index (χ3v) is 2.65. The van der Waals surface area contributed by atoms with Gasteiger partial charge in [-0.3, -0.25) is 4.79 Å². The first-order valence-corrected chi connectivity index (χ1v) is 6.36. The van der Waals surface area contributed by atoms with Crippen molar-refractivity contribution in [2.45, 2.75) is 19.9 Å². The van der Waals surface area contributed by atoms with Crippen molar-refractivity contribution in [2.24, 2.45) is 0 Å². The molecule has 4 heteroatoms. The molecule has 0 aliphatic rings. The standard InChI is InChI=1S/C14H23N3O/c1-4-14(18)16-11-12-5-7-13(8-6-12)15-9-10-17(2)3/h5-8,15H,4,9-11H2,1-3H3,(H,16,18). The van der Waals surface area contributed by atoms with Gasteiger partial charge in [-0.15, -0.1) is 0 Å². The van der Waals surface area contributed by atoms with Crippen LogP contribution in [0.15, 0.2) is 24.3 Å². The average Bonchev–Trinajstić information content (AvgIpc) is 2.37. The molecule has 0 unspecified atom stereocenters. The van der Waals surface area contributed by atoms with Gasteiger partial charge in [-0.25, -0.2) is 0 Å². The lowest BCUT2D eigenvalue weighted by Gasteiger charge is -2.11. The molecule has 100 valence electrons. The van der Waals surface area contributed by atoms with Gasteiger partial charge in [-0.05, 0) is 31.8 Å². The van der Waals surface area contributed by atoms with E-state index < -0.39 is 0 Å². The summed E-state index contributed by atoms with van der Waals surface area (Å²) in [5.41, 5.74) is 2.23. The van der Waals surface area contributed by atoms with Crippen LogP contribution in [0, 0.1) is 0 Å². The van der Waals surface area contributed by atoms with Crippen LogP contribution in [-0.2, 0) is 11.3 Å². The molecule has 1 aromatic carbocycles. The maximum atomic E-state index is 11.1. The van der Waals surface area contributed by atoms with Crippen LogP contribution in [0.5, 0.6) is 0 Å². The zero-order valence-corrected chi connectivity index (χ0v) is 11.5. The van der Waals surface area contributed by atoms with Crippen LogP contribution in [0.2, 0.25) is 0 Å². The Balaban J connectivity index is 2.35. The molecule has 1 rings (SSSR count). The number of likely N-dealkylation sites (N-methyl/N-ethyl adjacent to an activating group) is 1. The molecular weight excluding hydrogens is 226 g/mol. The third kappa shape index (κ3) is 5.68. The number of carbonyl (C=O) groups excluding carboxylic acids is 1. The predicted octanol–water partition coefficient (Wildman–Crippen LogP) is 1.69. The molecule has 4 nitrogen and oxygen atoms in total. The van der Waals surface area contributed by atoms with E-state index in [0.717, 1.165) is 24.3 Å². The van der Waals surface area contributed by atoms with Crippen LogP contribution < -0.4 is 10.6 Å². The highest BCUT2D eigenvalue weighted by atomic mass is 16.1. The predicted molar refractivity (Wildman–Crippen MR) is 75.6 cm³/mol. The van der Waals surface area contributed by atoms with Crippen molar-refractivity contribution in [2.75, 3.05) is 32.5 Å². The molecule has 0 saturated heterocycles. The maximum absolute atomic E-state index is 11.1. The fourth-order valence-corrected chi connectivity index (χ4v) is 1.49. The summed E-state index contributed by atoms with van der Waals surface area (Å²) < 4.78 is 0. The summed E-state index contributed by atoms with van der Waals surface area (Å²) in [6.07, 6.45) is 0.532. The van der Waals surface area contributed by atoms with Crippen LogP contribution in [0.1, 0.15) is 18.9 Å². The number of amides is 1. The zero-order valence-electron chi connectivity index (χ0n) is 11.5. The molecule has 0 aromatic heterocycles. The summed E-state index contributed by atoms with van der Waals surface area (Å²) in [6.45, 7) is 4.39. The molecule has 0 saturated carbocycles. The van der Waals surface area contributed by atoms with Crippen LogP contribution >= 0.6 is 0 Å². The van der Waals surface area contributed by atoms with Crippen molar-refractivity contribution in [3.05, 3.63) is 29.8 Å². The van der Waals surface area contributed by atoms with E-state index in [4.69, 9.17) is 0 Å². The van der Waals surface area contributed by atoms with Gasteiger partial charge >= 0.3 is 0 Å². The van der Waals surface area contributed by atoms with Crippen molar-refractivity contribution in [1.82, 2.24) is 10.2 Å². The van der Waals surface area contributed by atoms with Gasteiger partial charge in [0.2, 0.25) is 5.91 Å². The van der Waals surface area contributed by atoms with Crippen molar-refractivity contribution >= 4 is 11.6 Å². The molecule has 18 heavy (non-hydrogen) atoms. The third-order valence-electron chi connectivity index (χ3n) is 2.65. The van der Waals surface area contributed by atoms with Crippen molar-refractivity contribution in [3.63, 3.8) is 0 Å². The smallest absolute Gasteiger partial charge is 0.219 e. The number of benzene rings is 1. The first-order valence-electron chi connectivity index (χ1n) is 6.36. The molecule has 0 heterocycles. The Morgan fingerprint density at radius 3 is 2.44 bits per heavy atom. The Morgan fingerprint density at radius 2 is 1.89 bits per heavy atom. The molecule has 0 radical (unpaired) electrons.